The lowest BCUT2D eigenvalue weighted by atomic mass is 10.1. The molecule has 0 fully saturated rings. The number of nitrogens with two attached hydrogens (primary N) is 1. The third-order valence-corrected chi connectivity index (χ3v) is 7.25. The molecular formula is C27H36FN11O8S. The largest absolute Gasteiger partial charge is 0.382 e. The predicted octanol–water partition coefficient (Wildman–Crippen LogP) is 0.837. The van der Waals surface area contributed by atoms with Crippen molar-refractivity contribution in [1.82, 2.24) is 30.2 Å². The number of ether oxygens (including phenoxy) is 3. The van der Waals surface area contributed by atoms with E-state index >= 15 is 0 Å². The maximum Gasteiger partial charge on any atom is 0.332 e. The normalized spacial score (nSPS) is 11.9. The van der Waals surface area contributed by atoms with Crippen LogP contribution in [-0.4, -0.2) is 104 Å². The monoisotopic (exact) mass is 693 g/mol. The van der Waals surface area contributed by atoms with E-state index < -0.39 is 33.0 Å². The number of hydrogen-bond acceptors (Lipinski definition) is 13. The lowest BCUT2D eigenvalue weighted by molar-refractivity contribution is -0.130. The Hall–Kier alpha value is -4.95. The van der Waals surface area contributed by atoms with Crippen molar-refractivity contribution >= 4 is 50.6 Å². The number of benzene rings is 1. The predicted molar refractivity (Wildman–Crippen MR) is 168 cm³/mol. The highest BCUT2D eigenvalue weighted by Gasteiger charge is 2.21. The molecule has 2 heterocycles. The van der Waals surface area contributed by atoms with Gasteiger partial charge in [-0.1, -0.05) is 5.11 Å². The molecule has 1 atom stereocenters. The van der Waals surface area contributed by atoms with E-state index in [1.807, 2.05) is 0 Å². The molecule has 1 aromatic carbocycles. The van der Waals surface area contributed by atoms with E-state index in [0.29, 0.717) is 30.6 Å². The van der Waals surface area contributed by atoms with Crippen LogP contribution in [0.5, 0.6) is 0 Å². The van der Waals surface area contributed by atoms with Crippen LogP contribution in [0.4, 0.5) is 15.4 Å². The number of nitrogens with zero attached hydrogens (tertiary/aromatic N) is 7. The second-order valence-corrected chi connectivity index (χ2v) is 11.3. The van der Waals surface area contributed by atoms with E-state index in [1.165, 1.54) is 29.4 Å². The Balaban J connectivity index is 1.44. The average Bonchev–Trinajstić information content (AvgIpc) is 3.46. The zero-order chi connectivity index (χ0) is 34.8. The Kier molecular flexibility index (Phi) is 15.4. The van der Waals surface area contributed by atoms with Gasteiger partial charge in [-0.3, -0.25) is 14.4 Å². The average molecular weight is 694 g/mol. The van der Waals surface area contributed by atoms with Crippen molar-refractivity contribution in [3.63, 3.8) is 0 Å². The number of hydrogen-bond donors (Lipinski definition) is 4. The van der Waals surface area contributed by atoms with Crippen molar-refractivity contribution in [2.24, 2.45) is 5.11 Å². The molecule has 21 heteroatoms. The lowest BCUT2D eigenvalue weighted by Crippen LogP contribution is -2.45. The van der Waals surface area contributed by atoms with Gasteiger partial charge in [-0.25, -0.2) is 15.0 Å². The number of azide groups is 1. The summed E-state index contributed by atoms with van der Waals surface area (Å²) in [4.78, 5) is 52.2. The second-order valence-electron chi connectivity index (χ2n) is 9.95. The lowest BCUT2D eigenvalue weighted by Gasteiger charge is -2.19. The maximum absolute atomic E-state index is 13.2. The quantitative estimate of drug-likeness (QED) is 0.0375. The molecular weight excluding hydrogens is 657 g/mol. The summed E-state index contributed by atoms with van der Waals surface area (Å²) < 4.78 is 52.8. The minimum atomic E-state index is -4.91. The smallest absolute Gasteiger partial charge is 0.332 e. The van der Waals surface area contributed by atoms with Gasteiger partial charge >= 0.3 is 10.2 Å². The number of nitrogen functional groups attached to an aromatic ring is 1. The van der Waals surface area contributed by atoms with Crippen LogP contribution in [0.3, 0.4) is 0 Å². The third-order valence-electron chi connectivity index (χ3n) is 6.42. The summed E-state index contributed by atoms with van der Waals surface area (Å²) in [7, 11) is -4.91. The Morgan fingerprint density at radius 3 is 2.42 bits per heavy atom. The Bertz CT molecular complexity index is 1670. The Morgan fingerprint density at radius 1 is 1.00 bits per heavy atom. The molecule has 19 nitrogen and oxygen atoms in total. The summed E-state index contributed by atoms with van der Waals surface area (Å²) in [5.74, 6) is -1.26. The van der Waals surface area contributed by atoms with Gasteiger partial charge in [0, 0.05) is 23.7 Å². The molecule has 5 N–H and O–H groups in total. The standard InChI is InChI=1S/C27H36FN11O8S/c28-48(43,44)20-6-4-19(5-7-20)36-27(42)21(37-23(41)16-47-14-13-46-12-11-45-10-9-35-38-30)3-1-2-8-31-22(40)15-39-18-34-24-25(29)32-17-33-26(24)39/h4-7,17-18,21H,1-3,8-16H2,(H,31,40)(H,36,42)(H,37,41)(H2,29,32,33)/t21-/m0/s1. The number of aromatic nitrogens is 4. The van der Waals surface area contributed by atoms with Gasteiger partial charge in [0.25, 0.3) is 0 Å². The van der Waals surface area contributed by atoms with Crippen LogP contribution in [0.15, 0.2) is 46.9 Å². The van der Waals surface area contributed by atoms with Crippen molar-refractivity contribution in [3.05, 3.63) is 47.4 Å². The van der Waals surface area contributed by atoms with Crippen LogP contribution in [0.1, 0.15) is 19.3 Å². The number of imidazole rings is 1. The molecule has 3 amide bonds. The number of amides is 3. The fraction of sp³-hybridized carbons (Fsp3) is 0.481. The summed E-state index contributed by atoms with van der Waals surface area (Å²) in [6.07, 6.45) is 3.80. The van der Waals surface area contributed by atoms with Gasteiger partial charge in [0.15, 0.2) is 11.5 Å². The van der Waals surface area contributed by atoms with Crippen LogP contribution in [0.25, 0.3) is 21.6 Å². The van der Waals surface area contributed by atoms with Crippen molar-refractivity contribution in [2.45, 2.75) is 36.7 Å². The van der Waals surface area contributed by atoms with E-state index in [0.717, 1.165) is 12.1 Å². The van der Waals surface area contributed by atoms with E-state index in [4.69, 9.17) is 25.5 Å². The minimum Gasteiger partial charge on any atom is -0.382 e. The number of anilines is 2. The first-order chi connectivity index (χ1) is 23.1. The van der Waals surface area contributed by atoms with E-state index in [9.17, 15) is 26.7 Å². The van der Waals surface area contributed by atoms with Crippen LogP contribution in [0.2, 0.25) is 0 Å². The number of unbranched alkanes of at least 4 members (excludes halogenated alkanes) is 1. The highest BCUT2D eigenvalue weighted by molar-refractivity contribution is 7.86. The molecule has 0 saturated heterocycles. The summed E-state index contributed by atoms with van der Waals surface area (Å²) in [6, 6.07) is 3.43. The van der Waals surface area contributed by atoms with Gasteiger partial charge in [-0.2, -0.15) is 8.42 Å². The zero-order valence-corrected chi connectivity index (χ0v) is 26.6. The molecule has 0 aliphatic heterocycles. The van der Waals surface area contributed by atoms with Crippen LogP contribution in [-0.2, 0) is 45.4 Å². The number of carbonyl (C=O) groups is 3. The molecule has 3 rings (SSSR count). The topological polar surface area (TPSA) is 268 Å². The number of carbonyl (C=O) groups excluding carboxylic acids is 3. The first-order valence-electron chi connectivity index (χ1n) is 14.7. The zero-order valence-electron chi connectivity index (χ0n) is 25.8. The molecule has 3 aromatic rings. The molecule has 0 saturated carbocycles. The molecule has 0 unspecified atom stereocenters. The molecule has 2 aromatic heterocycles. The van der Waals surface area contributed by atoms with Crippen LogP contribution >= 0.6 is 0 Å². The Morgan fingerprint density at radius 2 is 1.71 bits per heavy atom. The fourth-order valence-corrected chi connectivity index (χ4v) is 4.58. The highest BCUT2D eigenvalue weighted by Crippen LogP contribution is 2.17. The van der Waals surface area contributed by atoms with E-state index in [2.05, 4.69) is 40.9 Å². The van der Waals surface area contributed by atoms with Crippen molar-refractivity contribution in [1.29, 1.82) is 0 Å². The first kappa shape index (κ1) is 37.5. The molecule has 0 bridgehead atoms. The first-order valence-corrected chi connectivity index (χ1v) is 16.0. The number of halogens is 1. The molecule has 0 radical (unpaired) electrons. The highest BCUT2D eigenvalue weighted by atomic mass is 32.3. The molecule has 0 spiro atoms. The van der Waals surface area contributed by atoms with Crippen molar-refractivity contribution < 1.29 is 40.9 Å². The van der Waals surface area contributed by atoms with Gasteiger partial charge in [-0.15, -0.1) is 3.89 Å². The summed E-state index contributed by atoms with van der Waals surface area (Å²) in [6.45, 7) is 1.23. The molecule has 260 valence electrons. The maximum atomic E-state index is 13.2. The molecule has 0 aliphatic carbocycles. The van der Waals surface area contributed by atoms with Crippen molar-refractivity contribution in [2.75, 3.05) is 63.8 Å². The van der Waals surface area contributed by atoms with Gasteiger partial charge < -0.3 is 40.5 Å². The van der Waals surface area contributed by atoms with Gasteiger partial charge in [0.05, 0.1) is 44.3 Å². The van der Waals surface area contributed by atoms with Gasteiger partial charge in [-0.05, 0) is 49.1 Å². The van der Waals surface area contributed by atoms with E-state index in [1.54, 1.807) is 0 Å². The summed E-state index contributed by atoms with van der Waals surface area (Å²) in [5.41, 5.74) is 15.0. The number of rotatable bonds is 22. The van der Waals surface area contributed by atoms with Gasteiger partial charge in [0.1, 0.15) is 31.0 Å². The third kappa shape index (κ3) is 13.0. The second kappa shape index (κ2) is 19.7. The van der Waals surface area contributed by atoms with Gasteiger partial charge in [0.2, 0.25) is 17.7 Å². The minimum absolute atomic E-state index is 0.0474. The Labute approximate surface area is 274 Å². The molecule has 0 aliphatic rings. The van der Waals surface area contributed by atoms with Crippen molar-refractivity contribution in [3.8, 4) is 0 Å². The van der Waals surface area contributed by atoms with E-state index in [-0.39, 0.29) is 76.5 Å². The summed E-state index contributed by atoms with van der Waals surface area (Å²) in [5, 5.41) is 11.3. The number of fused-ring (bicyclic) bond motifs is 1. The molecule has 48 heavy (non-hydrogen) atoms. The fourth-order valence-electron chi connectivity index (χ4n) is 4.12. The van der Waals surface area contributed by atoms with Crippen LogP contribution in [0, 0.1) is 0 Å². The van der Waals surface area contributed by atoms with Crippen LogP contribution < -0.4 is 21.7 Å². The summed E-state index contributed by atoms with van der Waals surface area (Å²) >= 11 is 0. The SMILES string of the molecule is [N-]=[N+]=NCCOCCOCCOCC(=O)N[C@@H](CCCCNC(=O)Cn1cnc2c(N)ncnc21)C(=O)Nc1ccc(S(=O)(=O)F)cc1. The number of nitrogens with one attached hydrogen (secondary N) is 3.